The first-order valence-corrected chi connectivity index (χ1v) is 17.0. The van der Waals surface area contributed by atoms with Crippen molar-refractivity contribution in [2.45, 2.75) is 43.3 Å². The number of hydrogen-bond donors (Lipinski definition) is 0. The second-order valence-corrected chi connectivity index (χ2v) is 13.0. The van der Waals surface area contributed by atoms with Crippen LogP contribution in [-0.4, -0.2) is 72.5 Å². The predicted octanol–water partition coefficient (Wildman–Crippen LogP) is 5.18. The number of amides is 2. The fourth-order valence-electron chi connectivity index (χ4n) is 5.61. The number of methoxy groups -OCH3 is 3. The van der Waals surface area contributed by atoms with Crippen molar-refractivity contribution in [3.05, 3.63) is 70.8 Å². The molecule has 0 aromatic heterocycles. The molecule has 3 aromatic carbocycles. The summed E-state index contributed by atoms with van der Waals surface area (Å²) in [5.41, 5.74) is 2.14. The minimum atomic E-state index is -3.74. The quantitative estimate of drug-likeness (QED) is 0.189. The Hall–Kier alpha value is -4.73. The lowest BCUT2D eigenvalue weighted by Gasteiger charge is -2.20. The first kappa shape index (κ1) is 33.6. The van der Waals surface area contributed by atoms with Crippen LogP contribution in [0.2, 0.25) is 0 Å². The van der Waals surface area contributed by atoms with Gasteiger partial charge in [0.25, 0.3) is 11.8 Å². The van der Waals surface area contributed by atoms with Gasteiger partial charge in [0.2, 0.25) is 5.75 Å². The molecule has 5 rings (SSSR count). The number of benzene rings is 3. The fraction of sp³-hybridized carbons (Fsp3) is 0.371. The molecule has 2 atom stereocenters. The van der Waals surface area contributed by atoms with E-state index in [0.717, 1.165) is 16.7 Å². The number of rotatable bonds is 12. The van der Waals surface area contributed by atoms with Gasteiger partial charge < -0.3 is 28.4 Å². The van der Waals surface area contributed by atoms with E-state index in [9.17, 15) is 18.0 Å². The Morgan fingerprint density at radius 3 is 1.91 bits per heavy atom. The van der Waals surface area contributed by atoms with E-state index in [1.165, 1.54) is 7.11 Å². The summed E-state index contributed by atoms with van der Waals surface area (Å²) in [5, 5.41) is 0. The van der Waals surface area contributed by atoms with Crippen LogP contribution in [0.25, 0.3) is 0 Å². The number of nitrogens with zero attached hydrogens (tertiary/aromatic N) is 1. The van der Waals surface area contributed by atoms with Crippen molar-refractivity contribution in [1.29, 1.82) is 0 Å². The van der Waals surface area contributed by atoms with Crippen LogP contribution in [0.4, 0.5) is 0 Å². The first-order valence-electron chi connectivity index (χ1n) is 15.1. The Kier molecular flexibility index (Phi) is 10.3. The summed E-state index contributed by atoms with van der Waals surface area (Å²) >= 11 is 0. The lowest BCUT2D eigenvalue weighted by molar-refractivity contribution is 0.0435. The van der Waals surface area contributed by atoms with E-state index in [4.69, 9.17) is 28.4 Å². The molecule has 0 spiro atoms. The summed E-state index contributed by atoms with van der Waals surface area (Å²) in [6.45, 7) is 1.93. The van der Waals surface area contributed by atoms with E-state index < -0.39 is 27.8 Å². The van der Waals surface area contributed by atoms with E-state index in [1.54, 1.807) is 50.6 Å². The van der Waals surface area contributed by atoms with Crippen molar-refractivity contribution in [1.82, 2.24) is 4.90 Å². The maximum atomic E-state index is 13.0. The fourth-order valence-corrected chi connectivity index (χ4v) is 6.46. The standard InChI is InChI=1S/C35H37NO10S/c1-6-16-45-33-30(44-17-10-9-15-36-34(37)24-11-7-8-12-25(24)35(36)38)20-23(21-31(33)47(5,39)40)27-14-13-26(46-27)22-18-28(41-2)32(43-4)29(19-22)42-3/h7-8,11-12,18-21,26-27H,6,13-17H2,1-5H3. The monoisotopic (exact) mass is 663 g/mol. The van der Waals surface area contributed by atoms with E-state index in [-0.39, 0.29) is 42.3 Å². The van der Waals surface area contributed by atoms with Gasteiger partial charge in [-0.05, 0) is 66.8 Å². The summed E-state index contributed by atoms with van der Waals surface area (Å²) < 4.78 is 60.8. The molecular weight excluding hydrogens is 626 g/mol. The lowest BCUT2D eigenvalue weighted by atomic mass is 10.0. The average Bonchev–Trinajstić information content (AvgIpc) is 3.66. The van der Waals surface area contributed by atoms with Crippen LogP contribution in [0.1, 0.15) is 70.2 Å². The summed E-state index contributed by atoms with van der Waals surface area (Å²) in [4.78, 5) is 26.3. The van der Waals surface area contributed by atoms with Crippen molar-refractivity contribution >= 4 is 21.7 Å². The Bertz CT molecular complexity index is 1780. The minimum absolute atomic E-state index is 0.0164. The predicted molar refractivity (Wildman–Crippen MR) is 172 cm³/mol. The molecule has 12 heteroatoms. The summed E-state index contributed by atoms with van der Waals surface area (Å²) in [7, 11) is 0.890. The highest BCUT2D eigenvalue weighted by atomic mass is 32.2. The van der Waals surface area contributed by atoms with Gasteiger partial charge in [-0.25, -0.2) is 8.42 Å². The molecule has 3 aromatic rings. The molecule has 248 valence electrons. The molecule has 2 aliphatic heterocycles. The highest BCUT2D eigenvalue weighted by molar-refractivity contribution is 7.90. The zero-order valence-corrected chi connectivity index (χ0v) is 27.8. The number of hydrogen-bond acceptors (Lipinski definition) is 10. The van der Waals surface area contributed by atoms with E-state index in [0.29, 0.717) is 53.2 Å². The second kappa shape index (κ2) is 14.4. The van der Waals surface area contributed by atoms with Gasteiger partial charge in [-0.2, -0.15) is 0 Å². The SMILES string of the molecule is CCCOc1c(OCC#CCN2C(=O)c3ccccc3C2=O)cc(C2CCC(c3cc(OC)c(OC)c(OC)c3)O2)cc1S(C)(=O)=O. The molecule has 2 amide bonds. The maximum Gasteiger partial charge on any atom is 0.262 e. The van der Waals surface area contributed by atoms with E-state index in [1.807, 2.05) is 19.1 Å². The van der Waals surface area contributed by atoms with Crippen LogP contribution in [0.3, 0.4) is 0 Å². The van der Waals surface area contributed by atoms with Crippen LogP contribution >= 0.6 is 0 Å². The number of carbonyl (C=O) groups is 2. The molecule has 0 aliphatic carbocycles. The number of imide groups is 1. The van der Waals surface area contributed by atoms with Crippen molar-refractivity contribution in [2.24, 2.45) is 0 Å². The molecule has 47 heavy (non-hydrogen) atoms. The smallest absolute Gasteiger partial charge is 0.262 e. The first-order chi connectivity index (χ1) is 22.6. The van der Waals surface area contributed by atoms with Gasteiger partial charge in [-0.1, -0.05) is 30.9 Å². The number of carbonyl (C=O) groups excluding carboxylic acids is 2. The molecule has 11 nitrogen and oxygen atoms in total. The molecule has 1 saturated heterocycles. The maximum absolute atomic E-state index is 13.0. The Balaban J connectivity index is 1.38. The third kappa shape index (κ3) is 7.01. The van der Waals surface area contributed by atoms with E-state index >= 15 is 0 Å². The third-order valence-corrected chi connectivity index (χ3v) is 8.99. The van der Waals surface area contributed by atoms with E-state index in [2.05, 4.69) is 11.8 Å². The normalized spacial score (nSPS) is 17.2. The zero-order chi connectivity index (χ0) is 33.7. The van der Waals surface area contributed by atoms with Gasteiger partial charge in [0.1, 0.15) is 11.5 Å². The highest BCUT2D eigenvalue weighted by Crippen LogP contribution is 2.48. The average molecular weight is 664 g/mol. The third-order valence-electron chi connectivity index (χ3n) is 7.88. The van der Waals surface area contributed by atoms with Crippen molar-refractivity contribution < 1.29 is 46.4 Å². The Morgan fingerprint density at radius 2 is 1.38 bits per heavy atom. The molecule has 1 fully saturated rings. The Labute approximate surface area is 274 Å². The number of ether oxygens (including phenoxy) is 6. The molecule has 2 heterocycles. The molecule has 0 bridgehead atoms. The van der Waals surface area contributed by atoms with Crippen molar-refractivity contribution in [3.8, 4) is 40.6 Å². The topological polar surface area (TPSA) is 127 Å². The van der Waals surface area contributed by atoms with Crippen LogP contribution < -0.4 is 23.7 Å². The van der Waals surface area contributed by atoms with Crippen molar-refractivity contribution in [3.63, 3.8) is 0 Å². The molecule has 0 N–H and O–H groups in total. The Morgan fingerprint density at radius 1 is 0.809 bits per heavy atom. The number of fused-ring (bicyclic) bond motifs is 1. The van der Waals surface area contributed by atoms with Crippen molar-refractivity contribution in [2.75, 3.05) is 47.3 Å². The van der Waals surface area contributed by atoms with Gasteiger partial charge in [0.15, 0.2) is 32.8 Å². The highest BCUT2D eigenvalue weighted by Gasteiger charge is 2.35. The lowest BCUT2D eigenvalue weighted by Crippen LogP contribution is -2.30. The molecule has 2 aliphatic rings. The van der Waals surface area contributed by atoms with Gasteiger partial charge in [-0.3, -0.25) is 14.5 Å². The summed E-state index contributed by atoms with van der Waals surface area (Å²) in [5.74, 6) is 6.63. The van der Waals surface area contributed by atoms with Crippen LogP contribution in [0.15, 0.2) is 53.4 Å². The van der Waals surface area contributed by atoms with Gasteiger partial charge in [0, 0.05) is 6.26 Å². The summed E-state index contributed by atoms with van der Waals surface area (Å²) in [6.07, 6.45) is 2.27. The molecule has 0 radical (unpaired) electrons. The van der Waals surface area contributed by atoms with Crippen LogP contribution in [-0.2, 0) is 14.6 Å². The van der Waals surface area contributed by atoms with Gasteiger partial charge in [-0.15, -0.1) is 0 Å². The minimum Gasteiger partial charge on any atom is -0.493 e. The number of sulfone groups is 1. The largest absolute Gasteiger partial charge is 0.493 e. The van der Waals surface area contributed by atoms with Gasteiger partial charge >= 0.3 is 0 Å². The molecule has 2 unspecified atom stereocenters. The van der Waals surface area contributed by atoms with Crippen LogP contribution in [0.5, 0.6) is 28.7 Å². The molecule has 0 saturated carbocycles. The van der Waals surface area contributed by atoms with Crippen LogP contribution in [0, 0.1) is 11.8 Å². The van der Waals surface area contributed by atoms with Gasteiger partial charge in [0.05, 0.1) is 57.8 Å². The zero-order valence-electron chi connectivity index (χ0n) is 27.0. The second-order valence-electron chi connectivity index (χ2n) is 11.0. The molecular formula is C35H37NO10S. The summed E-state index contributed by atoms with van der Waals surface area (Å²) in [6, 6.07) is 13.6.